The fraction of sp³-hybridized carbons (Fsp3) is 0.208. The summed E-state index contributed by atoms with van der Waals surface area (Å²) >= 11 is 5.87. The van der Waals surface area contributed by atoms with Gasteiger partial charge in [-0.25, -0.2) is 5.43 Å². The molecule has 0 spiro atoms. The van der Waals surface area contributed by atoms with Crippen LogP contribution in [0.15, 0.2) is 58.0 Å². The zero-order valence-corrected chi connectivity index (χ0v) is 18.0. The summed E-state index contributed by atoms with van der Waals surface area (Å²) in [7, 11) is 0. The lowest BCUT2D eigenvalue weighted by Crippen LogP contribution is -2.22. The van der Waals surface area contributed by atoms with Gasteiger partial charge in [0.15, 0.2) is 5.76 Å². The molecule has 1 aliphatic carbocycles. The summed E-state index contributed by atoms with van der Waals surface area (Å²) in [4.78, 5) is 25.2. The van der Waals surface area contributed by atoms with Crippen LogP contribution in [-0.2, 0) is 6.42 Å². The van der Waals surface area contributed by atoms with E-state index < -0.39 is 0 Å². The van der Waals surface area contributed by atoms with Crippen LogP contribution in [0.25, 0.3) is 0 Å². The molecule has 1 aromatic heterocycles. The van der Waals surface area contributed by atoms with E-state index in [1.807, 2.05) is 38.1 Å². The number of nitrogens with one attached hydrogen (secondary N) is 2. The molecule has 3 aromatic rings. The topological polar surface area (TPSA) is 83.7 Å². The third-order valence-corrected chi connectivity index (χ3v) is 5.49. The molecule has 158 valence electrons. The maximum Gasteiger partial charge on any atom is 0.291 e. The molecule has 0 bridgehead atoms. The number of aryl methyl sites for hydroxylation is 2. The molecule has 4 rings (SSSR count). The van der Waals surface area contributed by atoms with Crippen LogP contribution >= 0.6 is 11.6 Å². The first-order valence-corrected chi connectivity index (χ1v) is 10.4. The van der Waals surface area contributed by atoms with Gasteiger partial charge in [0.05, 0.1) is 5.71 Å². The smallest absolute Gasteiger partial charge is 0.291 e. The van der Waals surface area contributed by atoms with Gasteiger partial charge in [0.2, 0.25) is 0 Å². The number of anilines is 1. The van der Waals surface area contributed by atoms with Crippen molar-refractivity contribution in [1.82, 2.24) is 5.43 Å². The van der Waals surface area contributed by atoms with Gasteiger partial charge in [0, 0.05) is 33.8 Å². The number of hydrogen-bond donors (Lipinski definition) is 2. The second-order valence-electron chi connectivity index (χ2n) is 7.53. The number of fused-ring (bicyclic) bond motifs is 1. The van der Waals surface area contributed by atoms with Crippen molar-refractivity contribution < 1.29 is 14.0 Å². The quantitative estimate of drug-likeness (QED) is 0.547. The van der Waals surface area contributed by atoms with Crippen LogP contribution < -0.4 is 10.7 Å². The van der Waals surface area contributed by atoms with E-state index in [2.05, 4.69) is 15.8 Å². The van der Waals surface area contributed by atoms with Crippen LogP contribution in [0.3, 0.4) is 0 Å². The molecular weight excluding hydrogens is 414 g/mol. The number of benzene rings is 2. The summed E-state index contributed by atoms with van der Waals surface area (Å²) in [5.41, 5.74) is 7.12. The molecule has 1 aliphatic rings. The van der Waals surface area contributed by atoms with E-state index in [-0.39, 0.29) is 17.6 Å². The summed E-state index contributed by atoms with van der Waals surface area (Å²) < 4.78 is 5.91. The minimum Gasteiger partial charge on any atom is -0.455 e. The monoisotopic (exact) mass is 435 g/mol. The Balaban J connectivity index is 1.55. The Kier molecular flexibility index (Phi) is 5.91. The van der Waals surface area contributed by atoms with Crippen LogP contribution in [0.1, 0.15) is 56.2 Å². The Morgan fingerprint density at radius 3 is 2.39 bits per heavy atom. The van der Waals surface area contributed by atoms with Crippen LogP contribution in [-0.4, -0.2) is 17.5 Å². The van der Waals surface area contributed by atoms with Crippen molar-refractivity contribution in [2.45, 2.75) is 33.1 Å². The van der Waals surface area contributed by atoms with E-state index in [9.17, 15) is 9.59 Å². The lowest BCUT2D eigenvalue weighted by Gasteiger charge is -2.13. The van der Waals surface area contributed by atoms with Gasteiger partial charge in [-0.3, -0.25) is 9.59 Å². The lowest BCUT2D eigenvalue weighted by molar-refractivity contribution is 0.0953. The third kappa shape index (κ3) is 4.54. The number of halogens is 1. The van der Waals surface area contributed by atoms with Crippen molar-refractivity contribution >= 4 is 34.8 Å². The first-order chi connectivity index (χ1) is 14.9. The van der Waals surface area contributed by atoms with E-state index in [0.29, 0.717) is 28.4 Å². The van der Waals surface area contributed by atoms with Crippen molar-refractivity contribution in [1.29, 1.82) is 0 Å². The average molecular weight is 436 g/mol. The van der Waals surface area contributed by atoms with Crippen molar-refractivity contribution in [2.75, 3.05) is 5.32 Å². The number of hydrazone groups is 1. The average Bonchev–Trinajstić information content (AvgIpc) is 3.11. The first kappa shape index (κ1) is 20.9. The van der Waals surface area contributed by atoms with Crippen LogP contribution in [0.5, 0.6) is 0 Å². The van der Waals surface area contributed by atoms with Gasteiger partial charge in [0.1, 0.15) is 5.76 Å². The van der Waals surface area contributed by atoms with Gasteiger partial charge in [-0.05, 0) is 63.1 Å². The second-order valence-corrected chi connectivity index (χ2v) is 7.97. The van der Waals surface area contributed by atoms with Crippen molar-refractivity contribution in [3.63, 3.8) is 0 Å². The highest BCUT2D eigenvalue weighted by molar-refractivity contribution is 6.30. The Morgan fingerprint density at radius 2 is 1.68 bits per heavy atom. The van der Waals surface area contributed by atoms with E-state index in [1.165, 1.54) is 0 Å². The minimum atomic E-state index is -0.324. The third-order valence-electron chi connectivity index (χ3n) is 5.24. The van der Waals surface area contributed by atoms with E-state index >= 15 is 0 Å². The Hall–Kier alpha value is -3.38. The van der Waals surface area contributed by atoms with E-state index in [4.69, 9.17) is 16.0 Å². The molecule has 2 amide bonds. The predicted molar refractivity (Wildman–Crippen MR) is 121 cm³/mol. The van der Waals surface area contributed by atoms with Gasteiger partial charge in [-0.2, -0.15) is 5.10 Å². The van der Waals surface area contributed by atoms with Crippen LogP contribution in [0, 0.1) is 13.8 Å². The molecule has 2 N–H and O–H groups in total. The predicted octanol–water partition coefficient (Wildman–Crippen LogP) is 5.27. The number of carbonyl (C=O) groups is 2. The molecule has 0 unspecified atom stereocenters. The molecule has 0 saturated heterocycles. The Labute approximate surface area is 185 Å². The van der Waals surface area contributed by atoms with Gasteiger partial charge >= 0.3 is 0 Å². The zero-order chi connectivity index (χ0) is 22.0. The van der Waals surface area contributed by atoms with E-state index in [0.717, 1.165) is 35.3 Å². The molecule has 0 aliphatic heterocycles. The molecule has 0 atom stereocenters. The van der Waals surface area contributed by atoms with Crippen molar-refractivity contribution in [2.24, 2.45) is 5.10 Å². The van der Waals surface area contributed by atoms with Crippen LogP contribution in [0.2, 0.25) is 5.02 Å². The van der Waals surface area contributed by atoms with Gasteiger partial charge in [-0.1, -0.05) is 29.3 Å². The Morgan fingerprint density at radius 1 is 0.968 bits per heavy atom. The normalized spacial score (nSPS) is 14.2. The van der Waals surface area contributed by atoms with Crippen molar-refractivity contribution in [3.05, 3.63) is 87.3 Å². The summed E-state index contributed by atoms with van der Waals surface area (Å²) in [6, 6.07) is 14.2. The molecule has 1 heterocycles. The highest BCUT2D eigenvalue weighted by Crippen LogP contribution is 2.30. The molecule has 7 heteroatoms. The molecule has 0 fully saturated rings. The number of amides is 2. The SMILES string of the molecule is Cc1ccc(NC(=O)c2oc3c(c2C)/C(=N/NC(=O)c2ccc(Cl)cc2)CCC3)cc1. The highest BCUT2D eigenvalue weighted by atomic mass is 35.5. The molecule has 6 nitrogen and oxygen atoms in total. The van der Waals surface area contributed by atoms with Gasteiger partial charge in [0.25, 0.3) is 11.8 Å². The largest absolute Gasteiger partial charge is 0.455 e. The molecule has 0 radical (unpaired) electrons. The van der Waals surface area contributed by atoms with Crippen molar-refractivity contribution in [3.8, 4) is 0 Å². The number of hydrogen-bond acceptors (Lipinski definition) is 4. The number of nitrogens with zero attached hydrogens (tertiary/aromatic N) is 1. The molecule has 0 saturated carbocycles. The maximum atomic E-state index is 12.8. The fourth-order valence-corrected chi connectivity index (χ4v) is 3.73. The summed E-state index contributed by atoms with van der Waals surface area (Å²) in [5.74, 6) is 0.358. The molecular formula is C24H22ClN3O3. The maximum absolute atomic E-state index is 12.8. The fourth-order valence-electron chi connectivity index (χ4n) is 3.61. The highest BCUT2D eigenvalue weighted by Gasteiger charge is 2.28. The number of rotatable bonds is 4. The summed E-state index contributed by atoms with van der Waals surface area (Å²) in [6.07, 6.45) is 2.24. The second kappa shape index (κ2) is 8.78. The molecule has 2 aromatic carbocycles. The molecule has 31 heavy (non-hydrogen) atoms. The Bertz CT molecular complexity index is 1160. The van der Waals surface area contributed by atoms with Gasteiger partial charge in [-0.15, -0.1) is 0 Å². The first-order valence-electron chi connectivity index (χ1n) is 10.1. The number of carbonyl (C=O) groups excluding carboxylic acids is 2. The minimum absolute atomic E-state index is 0.268. The van der Waals surface area contributed by atoms with Crippen LogP contribution in [0.4, 0.5) is 5.69 Å². The van der Waals surface area contributed by atoms with E-state index in [1.54, 1.807) is 24.3 Å². The lowest BCUT2D eigenvalue weighted by atomic mass is 9.93. The summed E-state index contributed by atoms with van der Waals surface area (Å²) in [5, 5.41) is 7.78. The zero-order valence-electron chi connectivity index (χ0n) is 17.3. The number of furan rings is 1. The standard InChI is InChI=1S/C24H22ClN3O3/c1-14-6-12-18(13-7-14)26-24(30)22-15(2)21-19(4-3-5-20(21)31-22)27-28-23(29)16-8-10-17(25)11-9-16/h6-13H,3-5H2,1-2H3,(H,26,30)(H,28,29)/b27-19+. The summed E-state index contributed by atoms with van der Waals surface area (Å²) in [6.45, 7) is 3.83. The van der Waals surface area contributed by atoms with Gasteiger partial charge < -0.3 is 9.73 Å².